The van der Waals surface area contributed by atoms with Gasteiger partial charge in [-0.15, -0.1) is 0 Å². The molecule has 14 heavy (non-hydrogen) atoms. The molecule has 4 bridgehead atoms. The molecule has 2 heteroatoms. The maximum absolute atomic E-state index is 9.08. The van der Waals surface area contributed by atoms with Crippen LogP contribution in [0.15, 0.2) is 41.6 Å². The first-order valence-corrected chi connectivity index (χ1v) is 5.15. The zero-order valence-corrected chi connectivity index (χ0v) is 7.88. The Balaban J connectivity index is 2.12. The molecule has 0 unspecified atom stereocenters. The van der Waals surface area contributed by atoms with Crippen molar-refractivity contribution in [2.24, 2.45) is 28.8 Å². The van der Waals surface area contributed by atoms with Crippen molar-refractivity contribution in [3.63, 3.8) is 0 Å². The van der Waals surface area contributed by atoms with Crippen molar-refractivity contribution in [3.8, 4) is 0 Å². The monoisotopic (exact) mass is 187 g/mol. The van der Waals surface area contributed by atoms with Gasteiger partial charge in [0, 0.05) is 11.8 Å². The number of allylic oxidation sites excluding steroid dienone is 6. The predicted molar refractivity (Wildman–Crippen MR) is 55.2 cm³/mol. The minimum Gasteiger partial charge on any atom is -0.411 e. The quantitative estimate of drug-likeness (QED) is 0.352. The van der Waals surface area contributed by atoms with Gasteiger partial charge in [-0.2, -0.15) is 0 Å². The smallest absolute Gasteiger partial charge is 0.0719 e. The first-order chi connectivity index (χ1) is 6.90. The SMILES string of the molecule is ON=C1[C@H]2C=CC=C[C@@H]1[C@H]1C=C[C@@H]2C1. The van der Waals surface area contributed by atoms with Gasteiger partial charge in [0.2, 0.25) is 0 Å². The molecular weight excluding hydrogens is 174 g/mol. The molecule has 3 rings (SSSR count). The van der Waals surface area contributed by atoms with E-state index in [0.29, 0.717) is 23.7 Å². The lowest BCUT2D eigenvalue weighted by molar-refractivity contribution is 0.298. The van der Waals surface area contributed by atoms with Crippen molar-refractivity contribution in [2.45, 2.75) is 6.42 Å². The van der Waals surface area contributed by atoms with E-state index in [1.54, 1.807) is 0 Å². The number of hydrogen-bond donors (Lipinski definition) is 1. The summed E-state index contributed by atoms with van der Waals surface area (Å²) in [5.74, 6) is 1.74. The van der Waals surface area contributed by atoms with Crippen LogP contribution in [0, 0.1) is 23.7 Å². The van der Waals surface area contributed by atoms with Crippen LogP contribution < -0.4 is 0 Å². The van der Waals surface area contributed by atoms with Gasteiger partial charge in [-0.25, -0.2) is 0 Å². The average Bonchev–Trinajstić information content (AvgIpc) is 2.56. The third-order valence-electron chi connectivity index (χ3n) is 3.62. The predicted octanol–water partition coefficient (Wildman–Crippen LogP) is 2.38. The highest BCUT2D eigenvalue weighted by atomic mass is 16.4. The Bertz CT molecular complexity index is 335. The molecule has 0 aromatic carbocycles. The minimum atomic E-state index is 0.315. The zero-order chi connectivity index (χ0) is 9.54. The van der Waals surface area contributed by atoms with E-state index in [9.17, 15) is 0 Å². The number of oxime groups is 1. The normalized spacial score (nSPS) is 45.9. The second kappa shape index (κ2) is 2.84. The van der Waals surface area contributed by atoms with Crippen molar-refractivity contribution in [2.75, 3.05) is 0 Å². The van der Waals surface area contributed by atoms with Gasteiger partial charge in [-0.3, -0.25) is 0 Å². The lowest BCUT2D eigenvalue weighted by Gasteiger charge is -2.32. The molecule has 0 amide bonds. The largest absolute Gasteiger partial charge is 0.411 e. The van der Waals surface area contributed by atoms with Gasteiger partial charge in [0.15, 0.2) is 0 Å². The fraction of sp³-hybridized carbons (Fsp3) is 0.417. The van der Waals surface area contributed by atoms with E-state index in [2.05, 4.69) is 41.6 Å². The van der Waals surface area contributed by atoms with Crippen LogP contribution in [-0.2, 0) is 0 Å². The molecule has 0 aromatic rings. The highest BCUT2D eigenvalue weighted by Crippen LogP contribution is 2.44. The third kappa shape index (κ3) is 0.939. The molecule has 72 valence electrons. The van der Waals surface area contributed by atoms with Crippen LogP contribution in [-0.4, -0.2) is 10.9 Å². The van der Waals surface area contributed by atoms with Gasteiger partial charge in [-0.05, 0) is 18.3 Å². The molecule has 0 spiro atoms. The van der Waals surface area contributed by atoms with Crippen LogP contribution in [0.1, 0.15) is 6.42 Å². The first-order valence-electron chi connectivity index (χ1n) is 5.15. The molecular formula is C12H13NO. The summed E-state index contributed by atoms with van der Waals surface area (Å²) in [6.45, 7) is 0. The molecule has 2 nitrogen and oxygen atoms in total. The molecule has 3 aliphatic rings. The molecule has 0 heterocycles. The van der Waals surface area contributed by atoms with E-state index in [-0.39, 0.29) is 0 Å². The fourth-order valence-electron chi connectivity index (χ4n) is 2.93. The van der Waals surface area contributed by atoms with Crippen molar-refractivity contribution in [1.29, 1.82) is 0 Å². The summed E-state index contributed by atoms with van der Waals surface area (Å²) in [5.41, 5.74) is 0.946. The summed E-state index contributed by atoms with van der Waals surface area (Å²) in [4.78, 5) is 0. The Hall–Kier alpha value is -1.31. The molecule has 1 N–H and O–H groups in total. The summed E-state index contributed by atoms with van der Waals surface area (Å²) in [6.07, 6.45) is 14.2. The standard InChI is InChI=1S/C12H13NO/c14-13-12-10-3-1-2-4-11(12)9-6-5-8(10)7-9/h1-6,8-11,14H,7H2/t8-,9+,10+,11-. The molecule has 4 atom stereocenters. The second-order valence-electron chi connectivity index (χ2n) is 4.29. The lowest BCUT2D eigenvalue weighted by Crippen LogP contribution is -2.34. The highest BCUT2D eigenvalue weighted by Gasteiger charge is 2.41. The van der Waals surface area contributed by atoms with Gasteiger partial charge in [0.25, 0.3) is 0 Å². The zero-order valence-electron chi connectivity index (χ0n) is 7.88. The van der Waals surface area contributed by atoms with E-state index < -0.39 is 0 Å². The third-order valence-corrected chi connectivity index (χ3v) is 3.62. The van der Waals surface area contributed by atoms with Gasteiger partial charge < -0.3 is 5.21 Å². The van der Waals surface area contributed by atoms with Crippen molar-refractivity contribution in [3.05, 3.63) is 36.5 Å². The summed E-state index contributed by atoms with van der Waals surface area (Å²) >= 11 is 0. The molecule has 0 radical (unpaired) electrons. The summed E-state index contributed by atoms with van der Waals surface area (Å²) in [5, 5.41) is 12.6. The Morgan fingerprint density at radius 2 is 1.57 bits per heavy atom. The van der Waals surface area contributed by atoms with Gasteiger partial charge >= 0.3 is 0 Å². The number of nitrogens with zero attached hydrogens (tertiary/aromatic N) is 1. The number of rotatable bonds is 0. The highest BCUT2D eigenvalue weighted by molar-refractivity contribution is 5.94. The van der Waals surface area contributed by atoms with E-state index in [4.69, 9.17) is 5.21 Å². The van der Waals surface area contributed by atoms with Gasteiger partial charge in [0.05, 0.1) is 5.71 Å². The van der Waals surface area contributed by atoms with Crippen LogP contribution in [0.3, 0.4) is 0 Å². The van der Waals surface area contributed by atoms with Crippen LogP contribution in [0.5, 0.6) is 0 Å². The Morgan fingerprint density at radius 3 is 2.07 bits per heavy atom. The minimum absolute atomic E-state index is 0.315. The molecule has 1 saturated carbocycles. The Labute approximate surface area is 83.3 Å². The van der Waals surface area contributed by atoms with Gasteiger partial charge in [0.1, 0.15) is 0 Å². The average molecular weight is 187 g/mol. The topological polar surface area (TPSA) is 32.6 Å². The van der Waals surface area contributed by atoms with Gasteiger partial charge in [-0.1, -0.05) is 41.6 Å². The molecule has 1 fully saturated rings. The molecule has 0 aliphatic heterocycles. The van der Waals surface area contributed by atoms with Crippen molar-refractivity contribution >= 4 is 5.71 Å². The van der Waals surface area contributed by atoms with E-state index >= 15 is 0 Å². The van der Waals surface area contributed by atoms with Crippen LogP contribution in [0.4, 0.5) is 0 Å². The summed E-state index contributed by atoms with van der Waals surface area (Å²) < 4.78 is 0. The fourth-order valence-corrected chi connectivity index (χ4v) is 2.93. The Kier molecular flexibility index (Phi) is 1.63. The number of fused-ring (bicyclic) bond motifs is 6. The van der Waals surface area contributed by atoms with Crippen LogP contribution >= 0.6 is 0 Å². The lowest BCUT2D eigenvalue weighted by atomic mass is 9.71. The van der Waals surface area contributed by atoms with Crippen molar-refractivity contribution < 1.29 is 5.21 Å². The van der Waals surface area contributed by atoms with Crippen LogP contribution in [0.2, 0.25) is 0 Å². The second-order valence-corrected chi connectivity index (χ2v) is 4.29. The maximum Gasteiger partial charge on any atom is 0.0719 e. The molecule has 3 aliphatic carbocycles. The van der Waals surface area contributed by atoms with E-state index in [1.165, 1.54) is 6.42 Å². The first kappa shape index (κ1) is 8.04. The molecule has 0 saturated heterocycles. The maximum atomic E-state index is 9.08. The molecule has 0 aromatic heterocycles. The van der Waals surface area contributed by atoms with E-state index in [0.717, 1.165) is 5.71 Å². The van der Waals surface area contributed by atoms with E-state index in [1.807, 2.05) is 0 Å². The van der Waals surface area contributed by atoms with Crippen LogP contribution in [0.25, 0.3) is 0 Å². The summed E-state index contributed by atoms with van der Waals surface area (Å²) in [6, 6.07) is 0. The van der Waals surface area contributed by atoms with Crippen molar-refractivity contribution in [1.82, 2.24) is 0 Å². The Morgan fingerprint density at radius 1 is 1.00 bits per heavy atom. The summed E-state index contributed by atoms with van der Waals surface area (Å²) in [7, 11) is 0. The number of hydrogen-bond acceptors (Lipinski definition) is 2.